The lowest BCUT2D eigenvalue weighted by Crippen LogP contribution is -2.46. The van der Waals surface area contributed by atoms with Crippen molar-refractivity contribution in [1.29, 1.82) is 0 Å². The number of ether oxygens (including phenoxy) is 1. The summed E-state index contributed by atoms with van der Waals surface area (Å²) in [7, 11) is 0. The largest absolute Gasteiger partial charge is 0.484 e. The van der Waals surface area contributed by atoms with Crippen molar-refractivity contribution in [1.82, 2.24) is 15.3 Å². The van der Waals surface area contributed by atoms with E-state index in [4.69, 9.17) is 4.74 Å². The minimum absolute atomic E-state index is 0.105. The van der Waals surface area contributed by atoms with Gasteiger partial charge in [-0.2, -0.15) is 0 Å². The van der Waals surface area contributed by atoms with Crippen LogP contribution in [-0.2, 0) is 4.79 Å². The Labute approximate surface area is 139 Å². The van der Waals surface area contributed by atoms with Gasteiger partial charge in [0.15, 0.2) is 6.61 Å². The molecule has 0 bridgehead atoms. The summed E-state index contributed by atoms with van der Waals surface area (Å²) in [5.74, 6) is 0.481. The number of nitrogens with zero attached hydrogens (tertiary/aromatic N) is 3. The molecule has 1 fully saturated rings. The average molecular weight is 330 g/mol. The van der Waals surface area contributed by atoms with Crippen molar-refractivity contribution in [3.8, 4) is 5.75 Å². The summed E-state index contributed by atoms with van der Waals surface area (Å²) in [6.07, 6.45) is 5.09. The average Bonchev–Trinajstić information content (AvgIpc) is 2.61. The van der Waals surface area contributed by atoms with Crippen molar-refractivity contribution >= 4 is 11.9 Å². The number of halogens is 1. The van der Waals surface area contributed by atoms with Crippen LogP contribution in [0.4, 0.5) is 10.3 Å². The number of nitrogens with one attached hydrogen (secondary N) is 1. The van der Waals surface area contributed by atoms with E-state index in [1.807, 2.05) is 0 Å². The maximum atomic E-state index is 13.0. The van der Waals surface area contributed by atoms with Crippen molar-refractivity contribution < 1.29 is 13.9 Å². The molecular formula is C17H19FN4O2. The molecule has 1 N–H and O–H groups in total. The van der Waals surface area contributed by atoms with Crippen LogP contribution in [0, 0.1) is 5.82 Å². The summed E-state index contributed by atoms with van der Waals surface area (Å²) in [5.41, 5.74) is 0. The Morgan fingerprint density at radius 1 is 1.25 bits per heavy atom. The molecular weight excluding hydrogens is 311 g/mol. The molecule has 0 unspecified atom stereocenters. The zero-order valence-corrected chi connectivity index (χ0v) is 13.2. The monoisotopic (exact) mass is 330 g/mol. The fraction of sp³-hybridized carbons (Fsp3) is 0.353. The molecule has 7 heteroatoms. The fourth-order valence-corrected chi connectivity index (χ4v) is 2.65. The molecule has 2 heterocycles. The second-order valence-corrected chi connectivity index (χ2v) is 5.62. The molecule has 1 aliphatic rings. The van der Waals surface area contributed by atoms with Gasteiger partial charge in [0.05, 0.1) is 0 Å². The lowest BCUT2D eigenvalue weighted by molar-refractivity contribution is -0.123. The number of hydrogen-bond donors (Lipinski definition) is 1. The Bertz CT molecular complexity index is 675. The van der Waals surface area contributed by atoms with E-state index in [0.29, 0.717) is 5.75 Å². The molecule has 0 atom stereocenters. The van der Waals surface area contributed by atoms with Gasteiger partial charge in [-0.15, -0.1) is 0 Å². The molecule has 0 radical (unpaired) electrons. The third kappa shape index (κ3) is 4.41. The highest BCUT2D eigenvalue weighted by Gasteiger charge is 2.22. The van der Waals surface area contributed by atoms with E-state index in [1.54, 1.807) is 30.6 Å². The van der Waals surface area contributed by atoms with Crippen LogP contribution in [0.5, 0.6) is 5.75 Å². The molecule has 126 valence electrons. The number of carbonyl (C=O) groups is 1. The van der Waals surface area contributed by atoms with Gasteiger partial charge in [0.25, 0.3) is 5.91 Å². The highest BCUT2D eigenvalue weighted by atomic mass is 19.1. The van der Waals surface area contributed by atoms with Crippen molar-refractivity contribution in [3.63, 3.8) is 0 Å². The predicted molar refractivity (Wildman–Crippen MR) is 87.3 cm³/mol. The summed E-state index contributed by atoms with van der Waals surface area (Å²) in [4.78, 5) is 22.5. The van der Waals surface area contributed by atoms with Gasteiger partial charge in [0, 0.05) is 37.6 Å². The Morgan fingerprint density at radius 3 is 2.71 bits per heavy atom. The van der Waals surface area contributed by atoms with Crippen LogP contribution < -0.4 is 15.0 Å². The van der Waals surface area contributed by atoms with Gasteiger partial charge in [-0.05, 0) is 31.0 Å². The van der Waals surface area contributed by atoms with E-state index in [1.165, 1.54) is 12.1 Å². The summed E-state index contributed by atoms with van der Waals surface area (Å²) < 4.78 is 18.3. The number of hydrogen-bond acceptors (Lipinski definition) is 5. The molecule has 6 nitrogen and oxygen atoms in total. The number of aromatic nitrogens is 2. The van der Waals surface area contributed by atoms with E-state index in [2.05, 4.69) is 20.2 Å². The third-order valence-electron chi connectivity index (χ3n) is 3.86. The molecule has 1 aromatic heterocycles. The first-order valence-corrected chi connectivity index (χ1v) is 7.90. The van der Waals surface area contributed by atoms with Crippen LogP contribution >= 0.6 is 0 Å². The SMILES string of the molecule is O=C(COc1cccc(F)c1)NC1CCN(c2ncccn2)CC1. The summed E-state index contributed by atoms with van der Waals surface area (Å²) in [6.45, 7) is 1.46. The molecule has 1 aromatic carbocycles. The second-order valence-electron chi connectivity index (χ2n) is 5.62. The molecule has 1 amide bonds. The van der Waals surface area contributed by atoms with Crippen LogP contribution in [0.3, 0.4) is 0 Å². The van der Waals surface area contributed by atoms with Crippen molar-refractivity contribution in [2.24, 2.45) is 0 Å². The quantitative estimate of drug-likeness (QED) is 0.905. The standard InChI is InChI=1S/C17H19FN4O2/c18-13-3-1-4-15(11-13)24-12-16(23)21-14-5-9-22(10-6-14)17-19-7-2-8-20-17/h1-4,7-8,11,14H,5-6,9-10,12H2,(H,21,23). The molecule has 1 aliphatic heterocycles. The smallest absolute Gasteiger partial charge is 0.258 e. The van der Waals surface area contributed by atoms with E-state index >= 15 is 0 Å². The number of piperidine rings is 1. The highest BCUT2D eigenvalue weighted by Crippen LogP contribution is 2.15. The fourth-order valence-electron chi connectivity index (χ4n) is 2.65. The first-order chi connectivity index (χ1) is 11.7. The highest BCUT2D eigenvalue weighted by molar-refractivity contribution is 5.77. The number of benzene rings is 1. The van der Waals surface area contributed by atoms with E-state index in [-0.39, 0.29) is 24.4 Å². The first kappa shape index (κ1) is 16.2. The Hall–Kier alpha value is -2.70. The zero-order valence-electron chi connectivity index (χ0n) is 13.2. The molecule has 0 aliphatic carbocycles. The molecule has 0 spiro atoms. The number of rotatable bonds is 5. The van der Waals surface area contributed by atoms with Gasteiger partial charge in [-0.1, -0.05) is 6.07 Å². The van der Waals surface area contributed by atoms with E-state index in [9.17, 15) is 9.18 Å². The van der Waals surface area contributed by atoms with Crippen molar-refractivity contribution in [2.75, 3.05) is 24.6 Å². The van der Waals surface area contributed by atoms with Crippen LogP contribution in [0.2, 0.25) is 0 Å². The zero-order chi connectivity index (χ0) is 16.8. The van der Waals surface area contributed by atoms with Gasteiger partial charge in [0.1, 0.15) is 11.6 Å². The number of amides is 1. The lowest BCUT2D eigenvalue weighted by atomic mass is 10.1. The van der Waals surface area contributed by atoms with Crippen LogP contribution in [0.1, 0.15) is 12.8 Å². The Morgan fingerprint density at radius 2 is 2.00 bits per heavy atom. The maximum Gasteiger partial charge on any atom is 0.258 e. The molecule has 2 aromatic rings. The van der Waals surface area contributed by atoms with Crippen LogP contribution in [0.25, 0.3) is 0 Å². The maximum absolute atomic E-state index is 13.0. The Kier molecular flexibility index (Phi) is 5.20. The first-order valence-electron chi connectivity index (χ1n) is 7.90. The Balaban J connectivity index is 1.42. The minimum atomic E-state index is -0.386. The van der Waals surface area contributed by atoms with Crippen LogP contribution in [-0.4, -0.2) is 41.6 Å². The van der Waals surface area contributed by atoms with Crippen LogP contribution in [0.15, 0.2) is 42.7 Å². The number of carbonyl (C=O) groups excluding carboxylic acids is 1. The second kappa shape index (κ2) is 7.72. The van der Waals surface area contributed by atoms with Gasteiger partial charge in [0.2, 0.25) is 5.95 Å². The van der Waals surface area contributed by atoms with Gasteiger partial charge < -0.3 is 15.0 Å². The summed E-state index contributed by atoms with van der Waals surface area (Å²) in [6, 6.07) is 7.64. The summed E-state index contributed by atoms with van der Waals surface area (Å²) >= 11 is 0. The van der Waals surface area contributed by atoms with Gasteiger partial charge in [-0.3, -0.25) is 4.79 Å². The van der Waals surface area contributed by atoms with Gasteiger partial charge >= 0.3 is 0 Å². The van der Waals surface area contributed by atoms with Crippen molar-refractivity contribution in [3.05, 3.63) is 48.5 Å². The normalized spacial score (nSPS) is 15.1. The lowest BCUT2D eigenvalue weighted by Gasteiger charge is -2.32. The van der Waals surface area contributed by atoms with Crippen molar-refractivity contribution in [2.45, 2.75) is 18.9 Å². The molecule has 3 rings (SSSR count). The van der Waals surface area contributed by atoms with E-state index < -0.39 is 0 Å². The molecule has 0 saturated carbocycles. The number of anilines is 1. The van der Waals surface area contributed by atoms with Gasteiger partial charge in [-0.25, -0.2) is 14.4 Å². The predicted octanol–water partition coefficient (Wildman–Crippen LogP) is 1.78. The summed E-state index contributed by atoms with van der Waals surface area (Å²) in [5, 5.41) is 2.95. The topological polar surface area (TPSA) is 67.3 Å². The third-order valence-corrected chi connectivity index (χ3v) is 3.86. The molecule has 24 heavy (non-hydrogen) atoms. The minimum Gasteiger partial charge on any atom is -0.484 e. The molecule has 1 saturated heterocycles. The van der Waals surface area contributed by atoms with E-state index in [0.717, 1.165) is 31.9 Å².